The van der Waals surface area contributed by atoms with E-state index in [0.29, 0.717) is 5.02 Å². The number of aryl methyl sites for hydroxylation is 1. The summed E-state index contributed by atoms with van der Waals surface area (Å²) in [6.07, 6.45) is 0.125. The summed E-state index contributed by atoms with van der Waals surface area (Å²) < 4.78 is 15.4. The number of carbonyl (C=O) groups excluding carboxylic acids is 1. The first-order chi connectivity index (χ1) is 12.0. The molecule has 128 valence electrons. The molecule has 0 aliphatic rings. The Hall–Kier alpha value is -2.66. The molecule has 0 aliphatic carbocycles. The molecule has 25 heavy (non-hydrogen) atoms. The molecule has 3 aromatic rings. The van der Waals surface area contributed by atoms with Crippen LogP contribution in [-0.4, -0.2) is 15.7 Å². The summed E-state index contributed by atoms with van der Waals surface area (Å²) in [5.74, 6) is -0.742. The quantitative estimate of drug-likeness (QED) is 0.749. The fraction of sp³-hybridized carbons (Fsp3) is 0.158. The van der Waals surface area contributed by atoms with Crippen molar-refractivity contribution in [2.75, 3.05) is 5.32 Å². The third kappa shape index (κ3) is 3.72. The molecule has 0 fully saturated rings. The average Bonchev–Trinajstić information content (AvgIpc) is 2.86. The van der Waals surface area contributed by atoms with Crippen LogP contribution < -0.4 is 5.32 Å². The van der Waals surface area contributed by atoms with Crippen molar-refractivity contribution >= 4 is 23.2 Å². The number of hydrogen-bond acceptors (Lipinski definition) is 2. The third-order valence-electron chi connectivity index (χ3n) is 4.00. The molecule has 1 aromatic heterocycles. The van der Waals surface area contributed by atoms with E-state index in [9.17, 15) is 9.18 Å². The summed E-state index contributed by atoms with van der Waals surface area (Å²) in [6, 6.07) is 13.4. The normalized spacial score (nSPS) is 10.7. The van der Waals surface area contributed by atoms with Gasteiger partial charge in [-0.3, -0.25) is 4.79 Å². The molecule has 0 spiro atoms. The highest BCUT2D eigenvalue weighted by molar-refractivity contribution is 6.30. The molecule has 1 heterocycles. The largest absolute Gasteiger partial charge is 0.323 e. The van der Waals surface area contributed by atoms with Crippen molar-refractivity contribution in [3.63, 3.8) is 0 Å². The number of amides is 1. The van der Waals surface area contributed by atoms with Gasteiger partial charge in [0, 0.05) is 16.3 Å². The van der Waals surface area contributed by atoms with Crippen molar-refractivity contribution in [1.82, 2.24) is 9.78 Å². The summed E-state index contributed by atoms with van der Waals surface area (Å²) in [6.45, 7) is 3.76. The summed E-state index contributed by atoms with van der Waals surface area (Å²) in [5.41, 5.74) is 3.49. The van der Waals surface area contributed by atoms with E-state index in [2.05, 4.69) is 10.4 Å². The molecule has 3 rings (SSSR count). The molecule has 1 N–H and O–H groups in total. The molecule has 0 aliphatic heterocycles. The molecule has 0 bridgehead atoms. The minimum absolute atomic E-state index is 0.125. The van der Waals surface area contributed by atoms with Crippen LogP contribution in [0.2, 0.25) is 5.02 Å². The Morgan fingerprint density at radius 3 is 2.52 bits per heavy atom. The number of rotatable bonds is 4. The number of halogens is 2. The van der Waals surface area contributed by atoms with Crippen LogP contribution in [0.1, 0.15) is 17.0 Å². The fourth-order valence-electron chi connectivity index (χ4n) is 2.68. The third-order valence-corrected chi connectivity index (χ3v) is 4.25. The Bertz CT molecular complexity index is 919. The van der Waals surface area contributed by atoms with E-state index in [0.717, 1.165) is 22.6 Å². The number of carbonyl (C=O) groups is 1. The lowest BCUT2D eigenvalue weighted by molar-refractivity contribution is -0.115. The Kier molecular flexibility index (Phi) is 4.86. The molecule has 6 heteroatoms. The zero-order valence-corrected chi connectivity index (χ0v) is 14.6. The van der Waals surface area contributed by atoms with Gasteiger partial charge in [-0.1, -0.05) is 23.7 Å². The lowest BCUT2D eigenvalue weighted by Crippen LogP contribution is -2.16. The Morgan fingerprint density at radius 1 is 1.16 bits per heavy atom. The van der Waals surface area contributed by atoms with Gasteiger partial charge in [0.2, 0.25) is 5.91 Å². The van der Waals surface area contributed by atoms with Crippen molar-refractivity contribution in [3.8, 4) is 5.69 Å². The number of aromatic nitrogens is 2. The van der Waals surface area contributed by atoms with Crippen LogP contribution in [0.15, 0.2) is 48.5 Å². The first-order valence-corrected chi connectivity index (χ1v) is 8.19. The smallest absolute Gasteiger partial charge is 0.229 e. The maximum absolute atomic E-state index is 13.7. The van der Waals surface area contributed by atoms with E-state index in [1.54, 1.807) is 28.9 Å². The molecule has 4 nitrogen and oxygen atoms in total. The van der Waals surface area contributed by atoms with Crippen molar-refractivity contribution in [2.24, 2.45) is 0 Å². The first-order valence-electron chi connectivity index (χ1n) is 7.81. The standard InChI is InChI=1S/C19H17ClFN3O/c1-12-16(11-19(25)22-18-6-4-3-5-17(18)21)13(2)24(23-12)15-9-7-14(20)8-10-15/h3-10H,11H2,1-2H3,(H,22,25). The molecule has 2 aromatic carbocycles. The number of para-hydroxylation sites is 1. The minimum Gasteiger partial charge on any atom is -0.323 e. The SMILES string of the molecule is Cc1nn(-c2ccc(Cl)cc2)c(C)c1CC(=O)Nc1ccccc1F. The van der Waals surface area contributed by atoms with Crippen LogP contribution in [0.3, 0.4) is 0 Å². The number of hydrogen-bond donors (Lipinski definition) is 1. The first kappa shape index (κ1) is 17.2. The number of nitrogens with one attached hydrogen (secondary N) is 1. The predicted octanol–water partition coefficient (Wildman–Crippen LogP) is 4.46. The lowest BCUT2D eigenvalue weighted by atomic mass is 10.1. The van der Waals surface area contributed by atoms with E-state index in [4.69, 9.17) is 11.6 Å². The maximum atomic E-state index is 13.7. The average molecular weight is 358 g/mol. The Balaban J connectivity index is 1.82. The number of anilines is 1. The highest BCUT2D eigenvalue weighted by Crippen LogP contribution is 2.21. The predicted molar refractivity (Wildman–Crippen MR) is 96.8 cm³/mol. The second-order valence-electron chi connectivity index (χ2n) is 5.74. The van der Waals surface area contributed by atoms with E-state index in [-0.39, 0.29) is 18.0 Å². The molecule has 0 unspecified atom stereocenters. The zero-order chi connectivity index (χ0) is 18.0. The summed E-state index contributed by atoms with van der Waals surface area (Å²) in [4.78, 5) is 12.3. The van der Waals surface area contributed by atoms with Gasteiger partial charge in [0.1, 0.15) is 5.82 Å². The molecule has 0 radical (unpaired) electrons. The van der Waals surface area contributed by atoms with Crippen LogP contribution in [0.25, 0.3) is 5.69 Å². The van der Waals surface area contributed by atoms with Gasteiger partial charge < -0.3 is 5.32 Å². The summed E-state index contributed by atoms with van der Waals surface area (Å²) in [5, 5.41) is 7.76. The van der Waals surface area contributed by atoms with Crippen molar-refractivity contribution < 1.29 is 9.18 Å². The van der Waals surface area contributed by atoms with Gasteiger partial charge in [-0.05, 0) is 50.2 Å². The highest BCUT2D eigenvalue weighted by atomic mass is 35.5. The van der Waals surface area contributed by atoms with Gasteiger partial charge in [0.05, 0.1) is 23.5 Å². The minimum atomic E-state index is -0.457. The van der Waals surface area contributed by atoms with Crippen LogP contribution in [-0.2, 0) is 11.2 Å². The van der Waals surface area contributed by atoms with Crippen LogP contribution in [0, 0.1) is 19.7 Å². The topological polar surface area (TPSA) is 46.9 Å². The van der Waals surface area contributed by atoms with Gasteiger partial charge in [-0.15, -0.1) is 0 Å². The molecular weight excluding hydrogens is 341 g/mol. The molecule has 0 atom stereocenters. The molecule has 0 saturated heterocycles. The second-order valence-corrected chi connectivity index (χ2v) is 6.18. The van der Waals surface area contributed by atoms with Crippen LogP contribution in [0.4, 0.5) is 10.1 Å². The zero-order valence-electron chi connectivity index (χ0n) is 13.9. The monoisotopic (exact) mass is 357 g/mol. The molecule has 1 amide bonds. The van der Waals surface area contributed by atoms with E-state index in [1.165, 1.54) is 12.1 Å². The van der Waals surface area contributed by atoms with Gasteiger partial charge in [0.15, 0.2) is 0 Å². The fourth-order valence-corrected chi connectivity index (χ4v) is 2.81. The van der Waals surface area contributed by atoms with Gasteiger partial charge in [-0.2, -0.15) is 5.10 Å². The van der Waals surface area contributed by atoms with E-state index < -0.39 is 5.82 Å². The van der Waals surface area contributed by atoms with Crippen molar-refractivity contribution in [2.45, 2.75) is 20.3 Å². The summed E-state index contributed by atoms with van der Waals surface area (Å²) >= 11 is 5.92. The van der Waals surface area contributed by atoms with Crippen molar-refractivity contribution in [3.05, 3.63) is 76.3 Å². The lowest BCUT2D eigenvalue weighted by Gasteiger charge is -2.07. The highest BCUT2D eigenvalue weighted by Gasteiger charge is 2.16. The molecular formula is C19H17ClFN3O. The van der Waals surface area contributed by atoms with Gasteiger partial charge in [-0.25, -0.2) is 9.07 Å². The van der Waals surface area contributed by atoms with Gasteiger partial charge in [0.25, 0.3) is 0 Å². The Labute approximate surface area is 150 Å². The second kappa shape index (κ2) is 7.07. The Morgan fingerprint density at radius 2 is 1.84 bits per heavy atom. The summed E-state index contributed by atoms with van der Waals surface area (Å²) in [7, 11) is 0. The van der Waals surface area contributed by atoms with Gasteiger partial charge >= 0.3 is 0 Å². The van der Waals surface area contributed by atoms with E-state index >= 15 is 0 Å². The van der Waals surface area contributed by atoms with E-state index in [1.807, 2.05) is 26.0 Å². The maximum Gasteiger partial charge on any atom is 0.229 e. The number of nitrogens with zero attached hydrogens (tertiary/aromatic N) is 2. The number of benzene rings is 2. The molecule has 0 saturated carbocycles. The van der Waals surface area contributed by atoms with Crippen LogP contribution >= 0.6 is 11.6 Å². The van der Waals surface area contributed by atoms with Crippen LogP contribution in [0.5, 0.6) is 0 Å². The van der Waals surface area contributed by atoms with Crippen molar-refractivity contribution in [1.29, 1.82) is 0 Å².